The molecule has 0 aromatic carbocycles. The van der Waals surface area contributed by atoms with Gasteiger partial charge < -0.3 is 10.3 Å². The molecular formula is C14H22N4O. The highest BCUT2D eigenvalue weighted by molar-refractivity contribution is 5.98. The van der Waals surface area contributed by atoms with Crippen molar-refractivity contribution in [2.75, 3.05) is 12.0 Å². The second kappa shape index (κ2) is 6.52. The fraction of sp³-hybridized carbons (Fsp3) is 0.571. The van der Waals surface area contributed by atoms with Gasteiger partial charge in [-0.1, -0.05) is 13.3 Å². The van der Waals surface area contributed by atoms with Gasteiger partial charge in [-0.25, -0.2) is 10.8 Å². The number of amides is 1. The van der Waals surface area contributed by atoms with E-state index in [1.54, 1.807) is 18.3 Å². The third kappa shape index (κ3) is 3.04. The van der Waals surface area contributed by atoms with E-state index in [-0.39, 0.29) is 5.91 Å². The number of anilines is 1. The Labute approximate surface area is 114 Å². The van der Waals surface area contributed by atoms with Crippen LogP contribution >= 0.6 is 0 Å². The van der Waals surface area contributed by atoms with Gasteiger partial charge >= 0.3 is 0 Å². The summed E-state index contributed by atoms with van der Waals surface area (Å²) in [4.78, 5) is 18.7. The lowest BCUT2D eigenvalue weighted by Gasteiger charge is -2.36. The number of nitrogen functional groups attached to an aromatic ring is 1. The highest BCUT2D eigenvalue weighted by atomic mass is 16.2. The molecule has 1 aromatic heterocycles. The highest BCUT2D eigenvalue weighted by Crippen LogP contribution is 2.24. The van der Waals surface area contributed by atoms with Gasteiger partial charge in [0.15, 0.2) is 5.82 Å². The van der Waals surface area contributed by atoms with Crippen molar-refractivity contribution >= 4 is 11.7 Å². The molecule has 2 heterocycles. The number of likely N-dealkylation sites (tertiary alicyclic amines) is 1. The summed E-state index contributed by atoms with van der Waals surface area (Å²) in [5.41, 5.74) is 3.07. The predicted octanol–water partition coefficient (Wildman–Crippen LogP) is 2.16. The van der Waals surface area contributed by atoms with Crippen molar-refractivity contribution in [2.45, 2.75) is 45.1 Å². The van der Waals surface area contributed by atoms with Gasteiger partial charge in [0, 0.05) is 18.8 Å². The largest absolute Gasteiger partial charge is 0.336 e. The molecule has 1 aliphatic rings. The average molecular weight is 262 g/mol. The van der Waals surface area contributed by atoms with Gasteiger partial charge in [0.1, 0.15) is 0 Å². The van der Waals surface area contributed by atoms with Crippen LogP contribution in [-0.4, -0.2) is 28.4 Å². The van der Waals surface area contributed by atoms with Crippen molar-refractivity contribution in [1.82, 2.24) is 9.88 Å². The van der Waals surface area contributed by atoms with Crippen LogP contribution in [0.25, 0.3) is 0 Å². The minimum Gasteiger partial charge on any atom is -0.336 e. The van der Waals surface area contributed by atoms with Gasteiger partial charge in [0.05, 0.1) is 5.56 Å². The normalized spacial score (nSPS) is 19.3. The van der Waals surface area contributed by atoms with Crippen LogP contribution in [0.2, 0.25) is 0 Å². The topological polar surface area (TPSA) is 71.2 Å². The van der Waals surface area contributed by atoms with Crippen LogP contribution in [0.4, 0.5) is 5.82 Å². The van der Waals surface area contributed by atoms with Gasteiger partial charge in [0.2, 0.25) is 0 Å². The molecular weight excluding hydrogens is 240 g/mol. The third-order valence-corrected chi connectivity index (χ3v) is 3.68. The zero-order chi connectivity index (χ0) is 13.7. The Morgan fingerprint density at radius 2 is 2.42 bits per heavy atom. The fourth-order valence-electron chi connectivity index (χ4n) is 2.75. The molecule has 1 atom stereocenters. The number of carbonyl (C=O) groups excluding carboxylic acids is 1. The van der Waals surface area contributed by atoms with Crippen LogP contribution in [0.3, 0.4) is 0 Å². The number of aromatic nitrogens is 1. The molecule has 5 heteroatoms. The molecule has 1 aromatic rings. The summed E-state index contributed by atoms with van der Waals surface area (Å²) < 4.78 is 0. The third-order valence-electron chi connectivity index (χ3n) is 3.68. The van der Waals surface area contributed by atoms with Crippen LogP contribution in [-0.2, 0) is 0 Å². The summed E-state index contributed by atoms with van der Waals surface area (Å²) in [6.45, 7) is 3.00. The molecule has 1 unspecified atom stereocenters. The Balaban J connectivity index is 2.21. The Morgan fingerprint density at radius 1 is 1.58 bits per heavy atom. The van der Waals surface area contributed by atoms with Crippen LogP contribution in [0, 0.1) is 0 Å². The molecule has 0 saturated carbocycles. The molecule has 0 spiro atoms. The average Bonchev–Trinajstić information content (AvgIpc) is 2.47. The van der Waals surface area contributed by atoms with Crippen molar-refractivity contribution in [1.29, 1.82) is 0 Å². The molecule has 2 rings (SSSR count). The number of hydrazine groups is 1. The van der Waals surface area contributed by atoms with E-state index in [2.05, 4.69) is 17.3 Å². The number of nitrogens with one attached hydrogen (secondary N) is 1. The van der Waals surface area contributed by atoms with Crippen molar-refractivity contribution < 1.29 is 4.79 Å². The quantitative estimate of drug-likeness (QED) is 0.644. The summed E-state index contributed by atoms with van der Waals surface area (Å²) in [5, 5.41) is 0. The van der Waals surface area contributed by atoms with E-state index in [0.29, 0.717) is 17.4 Å². The first-order chi connectivity index (χ1) is 9.27. The van der Waals surface area contributed by atoms with Crippen LogP contribution in [0.15, 0.2) is 18.3 Å². The predicted molar refractivity (Wildman–Crippen MR) is 75.6 cm³/mol. The maximum Gasteiger partial charge on any atom is 0.257 e. The summed E-state index contributed by atoms with van der Waals surface area (Å²) >= 11 is 0. The minimum atomic E-state index is 0.0409. The van der Waals surface area contributed by atoms with Crippen molar-refractivity contribution in [3.63, 3.8) is 0 Å². The minimum absolute atomic E-state index is 0.0409. The number of pyridine rings is 1. The zero-order valence-electron chi connectivity index (χ0n) is 11.4. The summed E-state index contributed by atoms with van der Waals surface area (Å²) in [7, 11) is 0. The fourth-order valence-corrected chi connectivity index (χ4v) is 2.75. The van der Waals surface area contributed by atoms with E-state index >= 15 is 0 Å². The van der Waals surface area contributed by atoms with E-state index < -0.39 is 0 Å². The molecule has 0 radical (unpaired) electrons. The van der Waals surface area contributed by atoms with E-state index in [4.69, 9.17) is 5.84 Å². The molecule has 104 valence electrons. The Morgan fingerprint density at radius 3 is 3.16 bits per heavy atom. The number of piperidine rings is 1. The first-order valence-corrected chi connectivity index (χ1v) is 7.00. The van der Waals surface area contributed by atoms with E-state index in [1.807, 2.05) is 4.90 Å². The number of nitrogens with zero attached hydrogens (tertiary/aromatic N) is 2. The lowest BCUT2D eigenvalue weighted by atomic mass is 9.97. The number of nitrogens with two attached hydrogens (primary N) is 1. The maximum atomic E-state index is 12.7. The lowest BCUT2D eigenvalue weighted by molar-refractivity contribution is 0.0601. The summed E-state index contributed by atoms with van der Waals surface area (Å²) in [6, 6.07) is 3.91. The molecule has 1 saturated heterocycles. The first-order valence-electron chi connectivity index (χ1n) is 7.00. The lowest BCUT2D eigenvalue weighted by Crippen LogP contribution is -2.44. The number of hydrogen-bond acceptors (Lipinski definition) is 4. The number of rotatable bonds is 4. The molecule has 5 nitrogen and oxygen atoms in total. The van der Waals surface area contributed by atoms with Gasteiger partial charge in [-0.15, -0.1) is 0 Å². The van der Waals surface area contributed by atoms with E-state index in [1.165, 1.54) is 6.42 Å². The summed E-state index contributed by atoms with van der Waals surface area (Å²) in [5.74, 6) is 5.92. The molecule has 0 aliphatic carbocycles. The van der Waals surface area contributed by atoms with Gasteiger partial charge in [-0.3, -0.25) is 4.79 Å². The van der Waals surface area contributed by atoms with Gasteiger partial charge in [-0.2, -0.15) is 0 Å². The molecule has 0 bridgehead atoms. The monoisotopic (exact) mass is 262 g/mol. The standard InChI is InChI=1S/C14H22N4O/c1-2-6-11-7-3-4-10-18(11)14(19)12-8-5-9-16-13(12)17-15/h5,8-9,11H,2-4,6-7,10,15H2,1H3,(H,16,17). The Hall–Kier alpha value is -1.62. The molecule has 1 fully saturated rings. The zero-order valence-corrected chi connectivity index (χ0v) is 11.4. The number of hydrogen-bond donors (Lipinski definition) is 2. The number of carbonyl (C=O) groups is 1. The van der Waals surface area contributed by atoms with Crippen LogP contribution in [0.5, 0.6) is 0 Å². The van der Waals surface area contributed by atoms with Crippen molar-refractivity contribution in [2.24, 2.45) is 5.84 Å². The smallest absolute Gasteiger partial charge is 0.257 e. The Bertz CT molecular complexity index is 433. The first kappa shape index (κ1) is 13.8. The Kier molecular flexibility index (Phi) is 4.74. The molecule has 3 N–H and O–H groups in total. The molecule has 19 heavy (non-hydrogen) atoms. The molecule has 1 amide bonds. The maximum absolute atomic E-state index is 12.7. The van der Waals surface area contributed by atoms with Gasteiger partial charge in [-0.05, 0) is 37.8 Å². The molecule has 1 aliphatic heterocycles. The van der Waals surface area contributed by atoms with E-state index in [0.717, 1.165) is 32.2 Å². The van der Waals surface area contributed by atoms with Crippen LogP contribution < -0.4 is 11.3 Å². The SMILES string of the molecule is CCCC1CCCCN1C(=O)c1cccnc1NN. The van der Waals surface area contributed by atoms with Crippen molar-refractivity contribution in [3.05, 3.63) is 23.9 Å². The van der Waals surface area contributed by atoms with E-state index in [9.17, 15) is 4.79 Å². The second-order valence-corrected chi connectivity index (χ2v) is 4.98. The summed E-state index contributed by atoms with van der Waals surface area (Å²) in [6.07, 6.45) is 7.19. The van der Waals surface area contributed by atoms with Crippen molar-refractivity contribution in [3.8, 4) is 0 Å². The van der Waals surface area contributed by atoms with Gasteiger partial charge in [0.25, 0.3) is 5.91 Å². The second-order valence-electron chi connectivity index (χ2n) is 4.98. The van der Waals surface area contributed by atoms with Crippen LogP contribution in [0.1, 0.15) is 49.4 Å². The highest BCUT2D eigenvalue weighted by Gasteiger charge is 2.28.